The van der Waals surface area contributed by atoms with E-state index in [1.54, 1.807) is 13.8 Å². The summed E-state index contributed by atoms with van der Waals surface area (Å²) in [5.74, 6) is -5.29. The summed E-state index contributed by atoms with van der Waals surface area (Å²) < 4.78 is 39.7. The number of aryl methyl sites for hydroxylation is 3. The number of carbonyl (C=O) groups is 1. The number of hydrogen-bond donors (Lipinski definition) is 1. The third-order valence-electron chi connectivity index (χ3n) is 3.20. The number of carbonyl (C=O) groups excluding carboxylic acids is 1. The molecule has 2 aromatic carbocycles. The largest absolute Gasteiger partial charge is 0.321 e. The zero-order chi connectivity index (χ0) is 15.7. The van der Waals surface area contributed by atoms with Gasteiger partial charge in [0.25, 0.3) is 5.91 Å². The Bertz CT molecular complexity index is 703. The van der Waals surface area contributed by atoms with Crippen LogP contribution >= 0.6 is 0 Å². The molecule has 0 aromatic heterocycles. The van der Waals surface area contributed by atoms with E-state index in [1.165, 1.54) is 0 Å². The number of anilines is 1. The van der Waals surface area contributed by atoms with Crippen molar-refractivity contribution in [3.8, 4) is 0 Å². The second-order valence-electron chi connectivity index (χ2n) is 4.95. The Morgan fingerprint density at radius 2 is 1.52 bits per heavy atom. The van der Waals surface area contributed by atoms with Crippen molar-refractivity contribution in [2.75, 3.05) is 5.32 Å². The first-order valence-corrected chi connectivity index (χ1v) is 6.34. The lowest BCUT2D eigenvalue weighted by atomic mass is 10.0. The molecule has 2 aromatic rings. The summed E-state index contributed by atoms with van der Waals surface area (Å²) in [5, 5.41) is 2.54. The van der Waals surface area contributed by atoms with Gasteiger partial charge >= 0.3 is 0 Å². The minimum absolute atomic E-state index is 0.534. The van der Waals surface area contributed by atoms with Crippen molar-refractivity contribution in [3.05, 3.63) is 64.0 Å². The molecule has 0 fully saturated rings. The normalized spacial score (nSPS) is 10.6. The van der Waals surface area contributed by atoms with Gasteiger partial charge in [-0.05, 0) is 44.0 Å². The van der Waals surface area contributed by atoms with E-state index in [2.05, 4.69) is 5.32 Å². The first-order chi connectivity index (χ1) is 9.81. The van der Waals surface area contributed by atoms with Crippen LogP contribution in [-0.2, 0) is 0 Å². The highest BCUT2D eigenvalue weighted by atomic mass is 19.2. The quantitative estimate of drug-likeness (QED) is 0.823. The maximum Gasteiger partial charge on any atom is 0.258 e. The second kappa shape index (κ2) is 5.60. The van der Waals surface area contributed by atoms with E-state index in [0.29, 0.717) is 5.69 Å². The van der Waals surface area contributed by atoms with Crippen LogP contribution < -0.4 is 5.32 Å². The predicted octanol–water partition coefficient (Wildman–Crippen LogP) is 4.28. The van der Waals surface area contributed by atoms with Gasteiger partial charge in [0.1, 0.15) is 0 Å². The lowest BCUT2D eigenvalue weighted by molar-refractivity contribution is 0.102. The standard InChI is InChI=1S/C16H14F3NO/c1-8-6-9(2)15(10(3)7-8)20-16(21)11-4-5-12(17)14(19)13(11)18/h4-7H,1-3H3,(H,20,21). The van der Waals surface area contributed by atoms with E-state index in [0.717, 1.165) is 28.8 Å². The van der Waals surface area contributed by atoms with Gasteiger partial charge in [-0.3, -0.25) is 4.79 Å². The molecule has 0 bridgehead atoms. The van der Waals surface area contributed by atoms with Crippen LogP contribution in [0.1, 0.15) is 27.0 Å². The summed E-state index contributed by atoms with van der Waals surface area (Å²) in [7, 11) is 0. The van der Waals surface area contributed by atoms with E-state index >= 15 is 0 Å². The summed E-state index contributed by atoms with van der Waals surface area (Å²) in [6.45, 7) is 5.52. The molecule has 5 heteroatoms. The van der Waals surface area contributed by atoms with Crippen molar-refractivity contribution in [1.82, 2.24) is 0 Å². The smallest absolute Gasteiger partial charge is 0.258 e. The van der Waals surface area contributed by atoms with Crippen molar-refractivity contribution in [1.29, 1.82) is 0 Å². The Morgan fingerprint density at radius 1 is 0.952 bits per heavy atom. The van der Waals surface area contributed by atoms with Crippen molar-refractivity contribution in [2.24, 2.45) is 0 Å². The Hall–Kier alpha value is -2.30. The van der Waals surface area contributed by atoms with E-state index < -0.39 is 28.9 Å². The molecule has 2 nitrogen and oxygen atoms in total. The molecule has 1 amide bonds. The maximum absolute atomic E-state index is 13.6. The van der Waals surface area contributed by atoms with Crippen molar-refractivity contribution in [2.45, 2.75) is 20.8 Å². The van der Waals surface area contributed by atoms with Crippen molar-refractivity contribution in [3.63, 3.8) is 0 Å². The molecular formula is C16H14F3NO. The number of halogens is 3. The van der Waals surface area contributed by atoms with Crippen LogP contribution in [-0.4, -0.2) is 5.91 Å². The topological polar surface area (TPSA) is 29.1 Å². The molecule has 0 heterocycles. The monoisotopic (exact) mass is 293 g/mol. The number of rotatable bonds is 2. The van der Waals surface area contributed by atoms with Crippen LogP contribution in [0.4, 0.5) is 18.9 Å². The molecule has 0 aliphatic carbocycles. The molecule has 0 atom stereocenters. The zero-order valence-electron chi connectivity index (χ0n) is 11.9. The molecule has 0 saturated heterocycles. The minimum Gasteiger partial charge on any atom is -0.321 e. The first kappa shape index (κ1) is 15.1. The van der Waals surface area contributed by atoms with E-state index in [9.17, 15) is 18.0 Å². The summed E-state index contributed by atoms with van der Waals surface area (Å²) in [4.78, 5) is 12.0. The number of benzene rings is 2. The summed E-state index contributed by atoms with van der Waals surface area (Å²) in [5.41, 5.74) is 2.65. The molecule has 0 aliphatic rings. The van der Waals surface area contributed by atoms with Gasteiger partial charge in [-0.25, -0.2) is 13.2 Å². The van der Waals surface area contributed by atoms with Crippen LogP contribution in [0.15, 0.2) is 24.3 Å². The van der Waals surface area contributed by atoms with E-state index in [1.807, 2.05) is 19.1 Å². The molecule has 110 valence electrons. The molecular weight excluding hydrogens is 279 g/mol. The highest BCUT2D eigenvalue weighted by Crippen LogP contribution is 2.23. The molecule has 2 rings (SSSR count). The van der Waals surface area contributed by atoms with Crippen LogP contribution in [0.3, 0.4) is 0 Å². The van der Waals surface area contributed by atoms with Gasteiger partial charge in [-0.2, -0.15) is 0 Å². The van der Waals surface area contributed by atoms with Crippen LogP contribution in [0.2, 0.25) is 0 Å². The third kappa shape index (κ3) is 2.91. The fourth-order valence-corrected chi connectivity index (χ4v) is 2.26. The van der Waals surface area contributed by atoms with Gasteiger partial charge < -0.3 is 5.32 Å². The van der Waals surface area contributed by atoms with Gasteiger partial charge in [0, 0.05) is 5.69 Å². The third-order valence-corrected chi connectivity index (χ3v) is 3.20. The highest BCUT2D eigenvalue weighted by molar-refractivity contribution is 6.05. The van der Waals surface area contributed by atoms with Crippen LogP contribution in [0.5, 0.6) is 0 Å². The summed E-state index contributed by atoms with van der Waals surface area (Å²) >= 11 is 0. The molecule has 0 saturated carbocycles. The highest BCUT2D eigenvalue weighted by Gasteiger charge is 2.19. The SMILES string of the molecule is Cc1cc(C)c(NC(=O)c2ccc(F)c(F)c2F)c(C)c1. The lowest BCUT2D eigenvalue weighted by Gasteiger charge is -2.13. The Kier molecular flexibility index (Phi) is 4.02. The molecule has 21 heavy (non-hydrogen) atoms. The number of amides is 1. The van der Waals surface area contributed by atoms with E-state index in [4.69, 9.17) is 0 Å². The lowest BCUT2D eigenvalue weighted by Crippen LogP contribution is -2.16. The number of nitrogens with one attached hydrogen (secondary N) is 1. The second-order valence-corrected chi connectivity index (χ2v) is 4.95. The average molecular weight is 293 g/mol. The first-order valence-electron chi connectivity index (χ1n) is 6.34. The predicted molar refractivity (Wildman–Crippen MR) is 74.9 cm³/mol. The van der Waals surface area contributed by atoms with Crippen molar-refractivity contribution < 1.29 is 18.0 Å². The van der Waals surface area contributed by atoms with Crippen LogP contribution in [0.25, 0.3) is 0 Å². The number of hydrogen-bond acceptors (Lipinski definition) is 1. The molecule has 0 aliphatic heterocycles. The maximum atomic E-state index is 13.6. The average Bonchev–Trinajstić information content (AvgIpc) is 2.40. The fourth-order valence-electron chi connectivity index (χ4n) is 2.26. The molecule has 0 radical (unpaired) electrons. The zero-order valence-corrected chi connectivity index (χ0v) is 11.9. The fraction of sp³-hybridized carbons (Fsp3) is 0.188. The van der Waals surface area contributed by atoms with Gasteiger partial charge in [-0.15, -0.1) is 0 Å². The minimum atomic E-state index is -1.65. The Balaban J connectivity index is 2.38. The van der Waals surface area contributed by atoms with E-state index in [-0.39, 0.29) is 0 Å². The van der Waals surface area contributed by atoms with Gasteiger partial charge in [0.05, 0.1) is 5.56 Å². The molecule has 1 N–H and O–H groups in total. The van der Waals surface area contributed by atoms with Crippen molar-refractivity contribution >= 4 is 11.6 Å². The summed E-state index contributed by atoms with van der Waals surface area (Å²) in [6, 6.07) is 5.37. The molecule has 0 unspecified atom stereocenters. The Morgan fingerprint density at radius 3 is 2.10 bits per heavy atom. The summed E-state index contributed by atoms with van der Waals surface area (Å²) in [6.07, 6.45) is 0. The van der Waals surface area contributed by atoms with Gasteiger partial charge in [0.2, 0.25) is 0 Å². The van der Waals surface area contributed by atoms with Gasteiger partial charge in [0.15, 0.2) is 17.5 Å². The van der Waals surface area contributed by atoms with Gasteiger partial charge in [-0.1, -0.05) is 17.7 Å². The van der Waals surface area contributed by atoms with Crippen LogP contribution in [0, 0.1) is 38.2 Å². The molecule has 0 spiro atoms. The Labute approximate surface area is 120 Å².